The van der Waals surface area contributed by atoms with Crippen molar-refractivity contribution in [1.82, 2.24) is 0 Å². The molecule has 1 nitrogen and oxygen atoms in total. The Bertz CT molecular complexity index is 178. The summed E-state index contributed by atoms with van der Waals surface area (Å²) in [6.45, 7) is 0. The first-order valence-electron chi connectivity index (χ1n) is 2.18. The third-order valence-corrected chi connectivity index (χ3v) is 6.77. The maximum atomic E-state index is 10.7. The fraction of sp³-hybridized carbons (Fsp3) is 0.400. The van der Waals surface area contributed by atoms with Crippen LogP contribution in [0.5, 0.6) is 0 Å². The van der Waals surface area contributed by atoms with Crippen LogP contribution in [0.25, 0.3) is 0 Å². The summed E-state index contributed by atoms with van der Waals surface area (Å²) in [6.07, 6.45) is 0. The van der Waals surface area contributed by atoms with Gasteiger partial charge in [0.05, 0.1) is 0 Å². The van der Waals surface area contributed by atoms with E-state index in [0.29, 0.717) is 5.43 Å². The Hall–Kier alpha value is 0.989. The quantitative estimate of drug-likeness (QED) is 0.612. The molecular weight excluding hydrogens is 331 g/mol. The van der Waals surface area contributed by atoms with Gasteiger partial charge >= 0.3 is 69.2 Å². The normalized spacial score (nSPS) is 10.8. The topological polar surface area (TPSA) is 17.1 Å². The molecule has 1 rings (SSSR count). The van der Waals surface area contributed by atoms with Crippen LogP contribution in [0.15, 0.2) is 4.79 Å². The van der Waals surface area contributed by atoms with Gasteiger partial charge in [0.1, 0.15) is 0 Å². The summed E-state index contributed by atoms with van der Waals surface area (Å²) in [7, 11) is 0. The molecule has 0 saturated carbocycles. The molecule has 1 aromatic rings. The van der Waals surface area contributed by atoms with Gasteiger partial charge in [-0.3, -0.25) is 0 Å². The van der Waals surface area contributed by atoms with Crippen molar-refractivity contribution in [1.29, 1.82) is 0 Å². The average molecular weight is 337 g/mol. The van der Waals surface area contributed by atoms with Crippen molar-refractivity contribution in [2.24, 2.45) is 0 Å². The van der Waals surface area contributed by atoms with Gasteiger partial charge in [0, 0.05) is 0 Å². The number of hydrogen-bond acceptors (Lipinski definition) is 1. The van der Waals surface area contributed by atoms with Crippen molar-refractivity contribution in [2.45, 2.75) is 9.94 Å². The molecule has 0 heterocycles. The molecule has 0 fully saturated rings. The van der Waals surface area contributed by atoms with Gasteiger partial charge in [-0.25, -0.2) is 0 Å². The van der Waals surface area contributed by atoms with Gasteiger partial charge in [-0.15, -0.1) is 0 Å². The zero-order chi connectivity index (χ0) is 6.15. The van der Waals surface area contributed by atoms with E-state index < -0.39 is 0 Å². The second kappa shape index (κ2) is 2.72. The zero-order valence-corrected chi connectivity index (χ0v) is 9.39. The SMILES string of the molecule is C[Te]c1c([Te]C)c1=O. The van der Waals surface area contributed by atoms with Gasteiger partial charge < -0.3 is 0 Å². The maximum absolute atomic E-state index is 10.7. The monoisotopic (exact) mass is 342 g/mol. The van der Waals surface area contributed by atoms with Crippen LogP contribution in [0.4, 0.5) is 0 Å². The van der Waals surface area contributed by atoms with Gasteiger partial charge in [-0.2, -0.15) is 0 Å². The van der Waals surface area contributed by atoms with Crippen LogP contribution in [-0.4, -0.2) is 41.8 Å². The first kappa shape index (κ1) is 7.10. The van der Waals surface area contributed by atoms with Gasteiger partial charge in [-0.1, -0.05) is 0 Å². The van der Waals surface area contributed by atoms with E-state index in [2.05, 4.69) is 9.94 Å². The Balaban J connectivity index is 2.70. The molecule has 0 amide bonds. The predicted molar refractivity (Wildman–Crippen MR) is 37.6 cm³/mol. The molecule has 3 heteroatoms. The summed E-state index contributed by atoms with van der Waals surface area (Å²) >= 11 is -0.0326. The van der Waals surface area contributed by atoms with Crippen LogP contribution in [0.3, 0.4) is 0 Å². The summed E-state index contributed by atoms with van der Waals surface area (Å²) < 4.78 is 2.53. The molecule has 0 unspecified atom stereocenters. The van der Waals surface area contributed by atoms with E-state index in [1.807, 2.05) is 0 Å². The van der Waals surface area contributed by atoms with E-state index in [1.54, 1.807) is 0 Å². The van der Waals surface area contributed by atoms with Crippen LogP contribution in [-0.2, 0) is 0 Å². The molecule has 0 radical (unpaired) electrons. The molecule has 0 atom stereocenters. The van der Waals surface area contributed by atoms with Crippen LogP contribution < -0.4 is 12.7 Å². The average Bonchev–Trinajstić information content (AvgIpc) is 2.40. The van der Waals surface area contributed by atoms with E-state index in [4.69, 9.17) is 0 Å². The van der Waals surface area contributed by atoms with Crippen molar-refractivity contribution in [3.8, 4) is 0 Å². The van der Waals surface area contributed by atoms with E-state index in [-0.39, 0.29) is 41.8 Å². The summed E-state index contributed by atoms with van der Waals surface area (Å²) in [4.78, 5) is 15.0. The second-order valence-electron chi connectivity index (χ2n) is 1.40. The Morgan fingerprint density at radius 1 is 1.12 bits per heavy atom. The molecule has 0 aliphatic heterocycles. The molecule has 0 aliphatic carbocycles. The van der Waals surface area contributed by atoms with Crippen molar-refractivity contribution >= 4 is 49.1 Å². The number of rotatable bonds is 2. The summed E-state index contributed by atoms with van der Waals surface area (Å²) in [5.74, 6) is 0. The molecule has 0 bridgehead atoms. The van der Waals surface area contributed by atoms with Gasteiger partial charge in [0.25, 0.3) is 0 Å². The van der Waals surface area contributed by atoms with E-state index in [1.165, 1.54) is 7.22 Å². The Morgan fingerprint density at radius 3 is 1.62 bits per heavy atom. The van der Waals surface area contributed by atoms with Crippen molar-refractivity contribution < 1.29 is 0 Å². The Labute approximate surface area is 68.7 Å². The van der Waals surface area contributed by atoms with Gasteiger partial charge in [0.15, 0.2) is 0 Å². The first-order valence-corrected chi connectivity index (χ1v) is 9.17. The molecule has 44 valence electrons. The van der Waals surface area contributed by atoms with Crippen LogP contribution in [0.2, 0.25) is 9.94 Å². The fourth-order valence-electron chi connectivity index (χ4n) is 0.510. The molecule has 1 aromatic carbocycles. The van der Waals surface area contributed by atoms with Crippen molar-refractivity contribution in [3.05, 3.63) is 10.2 Å². The minimum atomic E-state index is -0.0163. The van der Waals surface area contributed by atoms with Crippen LogP contribution >= 0.6 is 0 Å². The standard InChI is InChI=1S/C5H6OTe2/c1-7-4-3(6)5(4)8-2/h1-2H3. The molecule has 0 aromatic heterocycles. The molecule has 0 spiro atoms. The van der Waals surface area contributed by atoms with Crippen molar-refractivity contribution in [3.63, 3.8) is 0 Å². The number of hydrogen-bond donors (Lipinski definition) is 0. The molecule has 0 N–H and O–H groups in total. The van der Waals surface area contributed by atoms with Crippen LogP contribution in [0, 0.1) is 0 Å². The fourth-order valence-corrected chi connectivity index (χ4v) is 7.26. The third kappa shape index (κ3) is 1.12. The molecule has 0 saturated heterocycles. The van der Waals surface area contributed by atoms with Crippen molar-refractivity contribution in [2.75, 3.05) is 0 Å². The first-order chi connectivity index (χ1) is 3.81. The Kier molecular flexibility index (Phi) is 2.41. The van der Waals surface area contributed by atoms with E-state index in [9.17, 15) is 4.79 Å². The summed E-state index contributed by atoms with van der Waals surface area (Å²) in [5.41, 5.74) is 0.444. The Morgan fingerprint density at radius 2 is 1.50 bits per heavy atom. The van der Waals surface area contributed by atoms with E-state index >= 15 is 0 Å². The third-order valence-electron chi connectivity index (χ3n) is 0.964. The second-order valence-corrected chi connectivity index (χ2v) is 6.06. The predicted octanol–water partition coefficient (Wildman–Crippen LogP) is -1.32. The zero-order valence-electron chi connectivity index (χ0n) is 4.72. The molecule has 8 heavy (non-hydrogen) atoms. The van der Waals surface area contributed by atoms with Crippen LogP contribution in [0.1, 0.15) is 0 Å². The molecular formula is C5H6OTe2. The van der Waals surface area contributed by atoms with E-state index in [0.717, 1.165) is 0 Å². The van der Waals surface area contributed by atoms with Gasteiger partial charge in [-0.05, 0) is 0 Å². The minimum absolute atomic E-state index is 0.0163. The molecule has 0 aliphatic rings. The summed E-state index contributed by atoms with van der Waals surface area (Å²) in [6, 6.07) is 0. The van der Waals surface area contributed by atoms with Gasteiger partial charge in [0.2, 0.25) is 0 Å². The summed E-state index contributed by atoms with van der Waals surface area (Å²) in [5, 5.41) is 0.